The van der Waals surface area contributed by atoms with E-state index in [1.165, 1.54) is 14.2 Å². The van der Waals surface area contributed by atoms with Gasteiger partial charge in [0, 0.05) is 11.1 Å². The molecule has 0 aromatic heterocycles. The molecule has 0 amide bonds. The number of hydrogen-bond donors (Lipinski definition) is 2. The van der Waals surface area contributed by atoms with Crippen LogP contribution in [0.3, 0.4) is 0 Å². The minimum Gasteiger partial charge on any atom is -0.504 e. The first-order valence-electron chi connectivity index (χ1n) is 4.96. The summed E-state index contributed by atoms with van der Waals surface area (Å²) in [6.07, 6.45) is 2.46. The number of phenols is 2. The first-order valence-corrected chi connectivity index (χ1v) is 4.96. The number of ether oxygens (including phenoxy) is 2. The van der Waals surface area contributed by atoms with Crippen molar-refractivity contribution in [1.82, 2.24) is 0 Å². The van der Waals surface area contributed by atoms with Crippen LogP contribution in [0.1, 0.15) is 18.1 Å². The van der Waals surface area contributed by atoms with Crippen molar-refractivity contribution in [3.63, 3.8) is 0 Å². The molecule has 0 fully saturated rings. The zero-order valence-electron chi connectivity index (χ0n) is 9.50. The lowest BCUT2D eigenvalue weighted by atomic mass is 10.1. The third-order valence-electron chi connectivity index (χ3n) is 2.76. The van der Waals surface area contributed by atoms with Gasteiger partial charge >= 0.3 is 0 Å². The van der Waals surface area contributed by atoms with Crippen LogP contribution in [0.5, 0.6) is 23.0 Å². The highest BCUT2D eigenvalue weighted by Crippen LogP contribution is 2.51. The number of aromatic hydroxyl groups is 2. The van der Waals surface area contributed by atoms with Gasteiger partial charge in [0.2, 0.25) is 11.5 Å². The van der Waals surface area contributed by atoms with Gasteiger partial charge in [0.25, 0.3) is 0 Å². The smallest absolute Gasteiger partial charge is 0.207 e. The molecule has 0 atom stereocenters. The van der Waals surface area contributed by atoms with Crippen molar-refractivity contribution >= 4 is 6.08 Å². The lowest BCUT2D eigenvalue weighted by Crippen LogP contribution is -1.96. The Morgan fingerprint density at radius 1 is 1.06 bits per heavy atom. The standard InChI is InChI=1S/C12H14O4/c1-6-4-7-8(5-6)10(14)12(16-3)11(15-2)9(7)13/h4,13-14H,5H2,1-3H3. The summed E-state index contributed by atoms with van der Waals surface area (Å²) in [7, 11) is 2.85. The molecule has 0 unspecified atom stereocenters. The SMILES string of the molecule is COc1c(O)c2c(c(O)c1OC)CC(C)=C2. The number of allylic oxidation sites excluding steroid dienone is 1. The fraction of sp³-hybridized carbons (Fsp3) is 0.333. The molecule has 0 saturated heterocycles. The van der Waals surface area contributed by atoms with E-state index in [4.69, 9.17) is 9.47 Å². The minimum atomic E-state index is 0.0176. The summed E-state index contributed by atoms with van der Waals surface area (Å²) in [6, 6.07) is 0. The first kappa shape index (κ1) is 10.7. The van der Waals surface area contributed by atoms with Gasteiger partial charge in [0.1, 0.15) is 0 Å². The Labute approximate surface area is 93.7 Å². The Hall–Kier alpha value is -1.84. The topological polar surface area (TPSA) is 58.9 Å². The number of methoxy groups -OCH3 is 2. The molecule has 4 heteroatoms. The number of hydrogen-bond acceptors (Lipinski definition) is 4. The second-order valence-electron chi connectivity index (χ2n) is 3.82. The van der Waals surface area contributed by atoms with Gasteiger partial charge in [-0.15, -0.1) is 0 Å². The van der Waals surface area contributed by atoms with Crippen molar-refractivity contribution in [2.24, 2.45) is 0 Å². The van der Waals surface area contributed by atoms with E-state index in [-0.39, 0.29) is 23.0 Å². The van der Waals surface area contributed by atoms with Crippen molar-refractivity contribution in [2.45, 2.75) is 13.3 Å². The molecular weight excluding hydrogens is 208 g/mol. The average Bonchev–Trinajstić information content (AvgIpc) is 2.65. The van der Waals surface area contributed by atoms with Crippen molar-refractivity contribution in [3.05, 3.63) is 16.7 Å². The van der Waals surface area contributed by atoms with Gasteiger partial charge in [-0.25, -0.2) is 0 Å². The highest BCUT2D eigenvalue weighted by Gasteiger charge is 2.27. The summed E-state index contributed by atoms with van der Waals surface area (Å²) in [5.74, 6) is 0.413. The molecule has 1 aromatic rings. The molecule has 1 aliphatic carbocycles. The van der Waals surface area contributed by atoms with E-state index in [2.05, 4.69) is 0 Å². The van der Waals surface area contributed by atoms with Crippen LogP contribution in [0.2, 0.25) is 0 Å². The monoisotopic (exact) mass is 222 g/mol. The third-order valence-corrected chi connectivity index (χ3v) is 2.76. The fourth-order valence-electron chi connectivity index (χ4n) is 2.03. The van der Waals surface area contributed by atoms with Crippen LogP contribution in [0, 0.1) is 0 Å². The summed E-state index contributed by atoms with van der Waals surface area (Å²) in [4.78, 5) is 0. The van der Waals surface area contributed by atoms with Crippen LogP contribution >= 0.6 is 0 Å². The zero-order chi connectivity index (χ0) is 11.9. The maximum absolute atomic E-state index is 10.0. The summed E-state index contributed by atoms with van der Waals surface area (Å²) in [6.45, 7) is 1.94. The minimum absolute atomic E-state index is 0.0176. The predicted molar refractivity (Wildman–Crippen MR) is 60.2 cm³/mol. The largest absolute Gasteiger partial charge is 0.504 e. The van der Waals surface area contributed by atoms with Gasteiger partial charge in [0.05, 0.1) is 14.2 Å². The zero-order valence-corrected chi connectivity index (χ0v) is 9.50. The molecule has 0 spiro atoms. The molecule has 2 N–H and O–H groups in total. The van der Waals surface area contributed by atoms with Crippen molar-refractivity contribution in [1.29, 1.82) is 0 Å². The lowest BCUT2D eigenvalue weighted by molar-refractivity contribution is 0.315. The molecule has 86 valence electrons. The van der Waals surface area contributed by atoms with Crippen molar-refractivity contribution in [3.8, 4) is 23.0 Å². The van der Waals surface area contributed by atoms with Gasteiger partial charge in [0.15, 0.2) is 11.5 Å². The molecule has 1 aliphatic rings. The molecule has 0 radical (unpaired) electrons. The number of rotatable bonds is 2. The predicted octanol–water partition coefficient (Wildman–Crippen LogP) is 2.07. The van der Waals surface area contributed by atoms with Crippen LogP contribution in [0.4, 0.5) is 0 Å². The van der Waals surface area contributed by atoms with Gasteiger partial charge in [-0.3, -0.25) is 0 Å². The van der Waals surface area contributed by atoms with E-state index in [1.54, 1.807) is 0 Å². The van der Waals surface area contributed by atoms with E-state index in [9.17, 15) is 10.2 Å². The van der Waals surface area contributed by atoms with Crippen LogP contribution in [0.25, 0.3) is 6.08 Å². The Morgan fingerprint density at radius 2 is 1.62 bits per heavy atom. The Balaban J connectivity index is 2.74. The van der Waals surface area contributed by atoms with E-state index in [0.717, 1.165) is 5.57 Å². The molecule has 0 saturated carbocycles. The normalized spacial score (nSPS) is 13.3. The molecule has 1 aromatic carbocycles. The molecule has 16 heavy (non-hydrogen) atoms. The van der Waals surface area contributed by atoms with E-state index in [0.29, 0.717) is 17.5 Å². The Kier molecular flexibility index (Phi) is 2.42. The van der Waals surface area contributed by atoms with Crippen LogP contribution in [-0.4, -0.2) is 24.4 Å². The first-order chi connectivity index (χ1) is 7.60. The second kappa shape index (κ2) is 3.63. The number of fused-ring (bicyclic) bond motifs is 1. The Morgan fingerprint density at radius 3 is 2.19 bits per heavy atom. The molecule has 0 aliphatic heterocycles. The van der Waals surface area contributed by atoms with E-state index < -0.39 is 0 Å². The molecular formula is C12H14O4. The summed E-state index contributed by atoms with van der Waals surface area (Å²) >= 11 is 0. The van der Waals surface area contributed by atoms with Crippen molar-refractivity contribution in [2.75, 3.05) is 14.2 Å². The van der Waals surface area contributed by atoms with Crippen molar-refractivity contribution < 1.29 is 19.7 Å². The summed E-state index contributed by atoms with van der Waals surface area (Å²) < 4.78 is 10.1. The average molecular weight is 222 g/mol. The van der Waals surface area contributed by atoms with Gasteiger partial charge in [-0.1, -0.05) is 11.6 Å². The molecule has 0 heterocycles. The van der Waals surface area contributed by atoms with Crippen LogP contribution in [0.15, 0.2) is 5.57 Å². The van der Waals surface area contributed by atoms with Gasteiger partial charge < -0.3 is 19.7 Å². The lowest BCUT2D eigenvalue weighted by Gasteiger charge is -2.15. The quantitative estimate of drug-likeness (QED) is 0.752. The highest BCUT2D eigenvalue weighted by atomic mass is 16.5. The summed E-state index contributed by atoms with van der Waals surface area (Å²) in [5, 5.41) is 20.0. The molecule has 0 bridgehead atoms. The maximum atomic E-state index is 10.0. The number of benzene rings is 1. The second-order valence-corrected chi connectivity index (χ2v) is 3.82. The fourth-order valence-corrected chi connectivity index (χ4v) is 2.03. The molecule has 4 nitrogen and oxygen atoms in total. The van der Waals surface area contributed by atoms with Gasteiger partial charge in [-0.2, -0.15) is 0 Å². The van der Waals surface area contributed by atoms with E-state index in [1.807, 2.05) is 13.0 Å². The van der Waals surface area contributed by atoms with E-state index >= 15 is 0 Å². The van der Waals surface area contributed by atoms with Crippen LogP contribution in [-0.2, 0) is 6.42 Å². The van der Waals surface area contributed by atoms with Gasteiger partial charge in [-0.05, 0) is 13.3 Å². The summed E-state index contributed by atoms with van der Waals surface area (Å²) in [5.41, 5.74) is 2.39. The highest BCUT2D eigenvalue weighted by molar-refractivity contribution is 5.78. The number of phenolic OH excluding ortho intramolecular Hbond substituents is 2. The molecule has 2 rings (SSSR count). The third kappa shape index (κ3) is 1.30. The van der Waals surface area contributed by atoms with Crippen LogP contribution < -0.4 is 9.47 Å². The maximum Gasteiger partial charge on any atom is 0.207 e. The Bertz CT molecular complexity index is 475.